The molecule has 7 heteroatoms. The Hall–Kier alpha value is -3.22. The van der Waals surface area contributed by atoms with Gasteiger partial charge in [-0.15, -0.1) is 0 Å². The van der Waals surface area contributed by atoms with Crippen molar-refractivity contribution in [3.8, 4) is 23.0 Å². The lowest BCUT2D eigenvalue weighted by Gasteiger charge is -2.27. The summed E-state index contributed by atoms with van der Waals surface area (Å²) in [6.07, 6.45) is -0.132. The van der Waals surface area contributed by atoms with Crippen LogP contribution in [0, 0.1) is 0 Å². The second kappa shape index (κ2) is 7.77. The third-order valence-corrected chi connectivity index (χ3v) is 4.11. The number of fused-ring (bicyclic) bond motifs is 1. The summed E-state index contributed by atoms with van der Waals surface area (Å²) in [6.45, 7) is 1.76. The summed E-state index contributed by atoms with van der Waals surface area (Å²) in [5, 5.41) is 27.3. The first-order valence-electron chi connectivity index (χ1n) is 7.82. The van der Waals surface area contributed by atoms with Crippen LogP contribution >= 0.6 is 0 Å². The van der Waals surface area contributed by atoms with Gasteiger partial charge in [-0.1, -0.05) is 25.1 Å². The number of carboxylic acid groups (broad SMARTS) is 1. The predicted molar refractivity (Wildman–Crippen MR) is 93.4 cm³/mol. The summed E-state index contributed by atoms with van der Waals surface area (Å²) in [6, 6.07) is 8.01. The molecule has 1 aliphatic carbocycles. The Kier molecular flexibility index (Phi) is 5.71. The number of hydrogen-bond acceptors (Lipinski definition) is 6. The molecule has 138 valence electrons. The number of carbonyl (C=O) groups excluding carboxylic acids is 1. The van der Waals surface area contributed by atoms with Gasteiger partial charge in [-0.2, -0.15) is 0 Å². The van der Waals surface area contributed by atoms with Crippen molar-refractivity contribution >= 4 is 11.8 Å². The smallest absolute Gasteiger partial charge is 0.307 e. The molecule has 0 aliphatic heterocycles. The van der Waals surface area contributed by atoms with Crippen molar-refractivity contribution in [2.24, 2.45) is 0 Å². The van der Waals surface area contributed by atoms with E-state index in [4.69, 9.17) is 19.7 Å². The predicted octanol–water partition coefficient (Wildman–Crippen LogP) is 2.73. The number of rotatable bonds is 4. The Morgan fingerprint density at radius 1 is 1.15 bits per heavy atom. The number of aromatic hydroxyl groups is 2. The van der Waals surface area contributed by atoms with Crippen molar-refractivity contribution in [1.29, 1.82) is 0 Å². The number of para-hydroxylation sites is 1. The molecule has 0 spiro atoms. The van der Waals surface area contributed by atoms with Crippen molar-refractivity contribution in [3.63, 3.8) is 0 Å². The van der Waals surface area contributed by atoms with Crippen LogP contribution in [0.15, 0.2) is 30.3 Å². The van der Waals surface area contributed by atoms with Gasteiger partial charge < -0.3 is 24.8 Å². The van der Waals surface area contributed by atoms with Crippen LogP contribution in [0.3, 0.4) is 0 Å². The second-order valence-corrected chi connectivity index (χ2v) is 5.71. The topological polar surface area (TPSA) is 113 Å². The second-order valence-electron chi connectivity index (χ2n) is 5.71. The number of aliphatic carboxylic acids is 1. The molecule has 0 radical (unpaired) electrons. The highest BCUT2D eigenvalue weighted by molar-refractivity contribution is 6.12. The van der Waals surface area contributed by atoms with Gasteiger partial charge in [0.05, 0.1) is 20.6 Å². The van der Waals surface area contributed by atoms with Crippen LogP contribution < -0.4 is 9.47 Å². The molecule has 2 aromatic carbocycles. The van der Waals surface area contributed by atoms with E-state index < -0.39 is 5.97 Å². The van der Waals surface area contributed by atoms with Crippen molar-refractivity contribution in [1.82, 2.24) is 0 Å². The minimum Gasteiger partial charge on any atom is -0.508 e. The van der Waals surface area contributed by atoms with Gasteiger partial charge >= 0.3 is 5.97 Å². The summed E-state index contributed by atoms with van der Waals surface area (Å²) in [5.74, 6) is -0.439. The zero-order valence-corrected chi connectivity index (χ0v) is 14.6. The summed E-state index contributed by atoms with van der Waals surface area (Å²) in [4.78, 5) is 21.7. The van der Waals surface area contributed by atoms with Gasteiger partial charge in [0.2, 0.25) is 5.75 Å². The van der Waals surface area contributed by atoms with Crippen LogP contribution in [-0.2, 0) is 11.2 Å². The SMILES string of the molecule is COc1cc2c(c(O)c1OC)C(C)C2=O.O=C(O)Cc1ccccc1O. The van der Waals surface area contributed by atoms with Crippen LogP contribution in [0.1, 0.15) is 34.3 Å². The quantitative estimate of drug-likeness (QED) is 0.768. The zero-order valence-electron chi connectivity index (χ0n) is 14.6. The maximum Gasteiger partial charge on any atom is 0.307 e. The average molecular weight is 360 g/mol. The highest BCUT2D eigenvalue weighted by Gasteiger charge is 2.38. The highest BCUT2D eigenvalue weighted by Crippen LogP contribution is 2.50. The van der Waals surface area contributed by atoms with Crippen LogP contribution in [0.2, 0.25) is 0 Å². The molecule has 7 nitrogen and oxygen atoms in total. The first-order valence-corrected chi connectivity index (χ1v) is 7.82. The zero-order chi connectivity index (χ0) is 19.4. The number of ether oxygens (including phenoxy) is 2. The van der Waals surface area contributed by atoms with E-state index in [1.807, 2.05) is 0 Å². The number of methoxy groups -OCH3 is 2. The first-order chi connectivity index (χ1) is 12.3. The Morgan fingerprint density at radius 3 is 2.35 bits per heavy atom. The van der Waals surface area contributed by atoms with Crippen molar-refractivity contribution < 1.29 is 34.4 Å². The van der Waals surface area contributed by atoms with E-state index in [1.165, 1.54) is 20.3 Å². The number of carboxylic acids is 1. The fourth-order valence-electron chi connectivity index (χ4n) is 2.74. The van der Waals surface area contributed by atoms with Gasteiger partial charge in [0.25, 0.3) is 0 Å². The molecule has 2 aromatic rings. The van der Waals surface area contributed by atoms with Crippen LogP contribution in [-0.4, -0.2) is 41.3 Å². The van der Waals surface area contributed by atoms with E-state index in [1.54, 1.807) is 31.2 Å². The molecule has 0 saturated carbocycles. The van der Waals surface area contributed by atoms with E-state index >= 15 is 0 Å². The fourth-order valence-corrected chi connectivity index (χ4v) is 2.74. The largest absolute Gasteiger partial charge is 0.508 e. The molecule has 3 N–H and O–H groups in total. The number of phenols is 2. The molecule has 0 aromatic heterocycles. The van der Waals surface area contributed by atoms with Crippen molar-refractivity contribution in [3.05, 3.63) is 47.0 Å². The minimum absolute atomic E-state index is 0.0129. The molecule has 0 saturated heterocycles. The van der Waals surface area contributed by atoms with Gasteiger partial charge in [0.15, 0.2) is 17.3 Å². The van der Waals surface area contributed by atoms with Crippen LogP contribution in [0.25, 0.3) is 0 Å². The Labute approximate surface area is 150 Å². The van der Waals surface area contributed by atoms with Gasteiger partial charge in [-0.25, -0.2) is 0 Å². The molecule has 0 fully saturated rings. The van der Waals surface area contributed by atoms with E-state index in [2.05, 4.69) is 0 Å². The normalized spacial score (nSPS) is 14.4. The summed E-state index contributed by atoms with van der Waals surface area (Å²) >= 11 is 0. The Morgan fingerprint density at radius 2 is 1.81 bits per heavy atom. The standard InChI is InChI=1S/C11H12O4.C8H8O3/c1-5-8-6(9(5)12)4-7(14-2)11(15-3)10(8)13;9-7-4-2-1-3-6(7)5-8(10)11/h4-5,13H,1-3H3;1-4,9H,5H2,(H,10,11). The van der Waals surface area contributed by atoms with E-state index in [0.29, 0.717) is 22.4 Å². The lowest BCUT2D eigenvalue weighted by atomic mass is 9.76. The molecule has 0 bridgehead atoms. The molecule has 0 amide bonds. The first kappa shape index (κ1) is 19.1. The number of benzene rings is 2. The number of carbonyl (C=O) groups is 2. The molecule has 1 atom stereocenters. The van der Waals surface area contributed by atoms with Gasteiger partial charge in [-0.3, -0.25) is 9.59 Å². The van der Waals surface area contributed by atoms with Gasteiger partial charge in [-0.05, 0) is 12.1 Å². The summed E-state index contributed by atoms with van der Waals surface area (Å²) in [7, 11) is 2.92. The maximum atomic E-state index is 11.5. The lowest BCUT2D eigenvalue weighted by Crippen LogP contribution is -2.24. The van der Waals surface area contributed by atoms with Crippen molar-refractivity contribution in [2.45, 2.75) is 19.3 Å². The third-order valence-electron chi connectivity index (χ3n) is 4.11. The number of Topliss-reactive ketones (excluding diaryl/α,β-unsaturated/α-hetero) is 1. The number of ketones is 1. The Bertz CT molecular complexity index is 842. The van der Waals surface area contributed by atoms with E-state index in [0.717, 1.165) is 0 Å². The minimum atomic E-state index is -0.938. The third kappa shape index (κ3) is 3.56. The van der Waals surface area contributed by atoms with Gasteiger partial charge in [0.1, 0.15) is 5.75 Å². The average Bonchev–Trinajstić information content (AvgIpc) is 2.62. The molecule has 1 aliphatic rings. The number of hydrogen-bond donors (Lipinski definition) is 3. The summed E-state index contributed by atoms with van der Waals surface area (Å²) in [5.41, 5.74) is 1.62. The summed E-state index contributed by atoms with van der Waals surface area (Å²) < 4.78 is 10.1. The monoisotopic (exact) mass is 360 g/mol. The van der Waals surface area contributed by atoms with E-state index in [9.17, 15) is 14.7 Å². The molecular weight excluding hydrogens is 340 g/mol. The lowest BCUT2D eigenvalue weighted by molar-refractivity contribution is -0.136. The maximum absolute atomic E-state index is 11.5. The molecular formula is C19H20O7. The molecule has 1 unspecified atom stereocenters. The fraction of sp³-hybridized carbons (Fsp3) is 0.263. The van der Waals surface area contributed by atoms with Crippen LogP contribution in [0.4, 0.5) is 0 Å². The Balaban J connectivity index is 0.000000197. The highest BCUT2D eigenvalue weighted by atomic mass is 16.5. The van der Waals surface area contributed by atoms with E-state index in [-0.39, 0.29) is 35.4 Å². The van der Waals surface area contributed by atoms with Gasteiger partial charge in [0, 0.05) is 22.6 Å². The molecule has 3 rings (SSSR count). The molecule has 26 heavy (non-hydrogen) atoms. The van der Waals surface area contributed by atoms with Crippen LogP contribution in [0.5, 0.6) is 23.0 Å². The number of phenolic OH excluding ortho intramolecular Hbond substituents is 2. The molecule has 0 heterocycles. The van der Waals surface area contributed by atoms with Crippen molar-refractivity contribution in [2.75, 3.05) is 14.2 Å².